The maximum atomic E-state index is 12.4. The van der Waals surface area contributed by atoms with Gasteiger partial charge < -0.3 is 18.6 Å². The van der Waals surface area contributed by atoms with Gasteiger partial charge in [0, 0.05) is 13.0 Å². The van der Waals surface area contributed by atoms with E-state index in [2.05, 4.69) is 10.1 Å². The van der Waals surface area contributed by atoms with Crippen molar-refractivity contribution in [2.75, 3.05) is 19.8 Å². The summed E-state index contributed by atoms with van der Waals surface area (Å²) >= 11 is 0. The number of hydrogen-bond donors (Lipinski definition) is 0. The van der Waals surface area contributed by atoms with Crippen LogP contribution in [0.25, 0.3) is 0 Å². The molecule has 0 aromatic carbocycles. The Morgan fingerprint density at radius 3 is 3.14 bits per heavy atom. The van der Waals surface area contributed by atoms with Crippen LogP contribution in [-0.2, 0) is 16.0 Å². The fourth-order valence-corrected chi connectivity index (χ4v) is 2.39. The lowest BCUT2D eigenvalue weighted by Crippen LogP contribution is -2.43. The maximum Gasteiger partial charge on any atom is 0.251 e. The molecule has 0 aliphatic carbocycles. The highest BCUT2D eigenvalue weighted by Gasteiger charge is 2.32. The summed E-state index contributed by atoms with van der Waals surface area (Å²) in [6.07, 6.45) is 4.34. The number of aryl methyl sites for hydroxylation is 2. The molecule has 1 atom stereocenters. The van der Waals surface area contributed by atoms with Gasteiger partial charge in [-0.05, 0) is 25.0 Å². The number of ether oxygens (including phenoxy) is 1. The summed E-state index contributed by atoms with van der Waals surface area (Å²) in [5.74, 6) is 1.05. The number of nitrogens with zero attached hydrogens (tertiary/aromatic N) is 3. The van der Waals surface area contributed by atoms with Crippen LogP contribution in [0, 0.1) is 6.92 Å². The first-order valence-electron chi connectivity index (χ1n) is 6.92. The highest BCUT2D eigenvalue weighted by molar-refractivity contribution is 5.77. The zero-order valence-corrected chi connectivity index (χ0v) is 11.8. The van der Waals surface area contributed by atoms with Crippen LogP contribution < -0.4 is 0 Å². The normalized spacial score (nSPS) is 18.9. The number of morpholine rings is 1. The Kier molecular flexibility index (Phi) is 4.01. The van der Waals surface area contributed by atoms with Gasteiger partial charge in [-0.3, -0.25) is 4.79 Å². The third-order valence-electron chi connectivity index (χ3n) is 3.48. The molecule has 7 heteroatoms. The van der Waals surface area contributed by atoms with Crippen LogP contribution >= 0.6 is 0 Å². The lowest BCUT2D eigenvalue weighted by molar-refractivity contribution is -0.141. The molecule has 3 heterocycles. The quantitative estimate of drug-likeness (QED) is 0.849. The van der Waals surface area contributed by atoms with Crippen LogP contribution in [0.15, 0.2) is 27.5 Å². The number of carbonyl (C=O) groups is 1. The van der Waals surface area contributed by atoms with Gasteiger partial charge >= 0.3 is 0 Å². The Morgan fingerprint density at radius 2 is 2.43 bits per heavy atom. The Morgan fingerprint density at radius 1 is 1.52 bits per heavy atom. The maximum absolute atomic E-state index is 12.4. The standard InChI is InChI=1S/C14H17N3O4/c1-10-15-14(21-16-10)12-9-20-7-5-17(12)13(18)3-2-11-4-6-19-8-11/h4,6,8,12H,2-3,5,7,9H2,1H3. The SMILES string of the molecule is Cc1noc(C2COCCN2C(=O)CCc2ccoc2)n1. The minimum absolute atomic E-state index is 0.0559. The molecule has 1 aliphatic rings. The Bertz CT molecular complexity index is 593. The molecule has 0 bridgehead atoms. The molecule has 1 aliphatic heterocycles. The molecule has 1 saturated heterocycles. The van der Waals surface area contributed by atoms with E-state index in [1.165, 1.54) is 0 Å². The fraction of sp³-hybridized carbons (Fsp3) is 0.500. The van der Waals surface area contributed by atoms with E-state index >= 15 is 0 Å². The molecule has 0 saturated carbocycles. The summed E-state index contributed by atoms with van der Waals surface area (Å²) in [4.78, 5) is 18.4. The average molecular weight is 291 g/mol. The van der Waals surface area contributed by atoms with Crippen LogP contribution in [0.1, 0.15) is 29.7 Å². The van der Waals surface area contributed by atoms with E-state index in [9.17, 15) is 4.79 Å². The molecule has 21 heavy (non-hydrogen) atoms. The van der Waals surface area contributed by atoms with Crippen LogP contribution in [0.5, 0.6) is 0 Å². The zero-order valence-electron chi connectivity index (χ0n) is 11.8. The molecule has 3 rings (SSSR count). The molecule has 0 radical (unpaired) electrons. The predicted octanol–water partition coefficient (Wildman–Crippen LogP) is 1.50. The molecule has 1 unspecified atom stereocenters. The number of aromatic nitrogens is 2. The van der Waals surface area contributed by atoms with Crippen molar-refractivity contribution in [3.63, 3.8) is 0 Å². The first-order valence-corrected chi connectivity index (χ1v) is 6.92. The van der Waals surface area contributed by atoms with Crippen molar-refractivity contribution in [1.29, 1.82) is 0 Å². The molecule has 2 aromatic rings. The minimum Gasteiger partial charge on any atom is -0.472 e. The first kappa shape index (κ1) is 13.8. The summed E-state index contributed by atoms with van der Waals surface area (Å²) < 4.78 is 15.6. The van der Waals surface area contributed by atoms with Gasteiger partial charge in [-0.25, -0.2) is 0 Å². The van der Waals surface area contributed by atoms with E-state index in [-0.39, 0.29) is 11.9 Å². The number of rotatable bonds is 4. The second kappa shape index (κ2) is 6.09. The van der Waals surface area contributed by atoms with E-state index in [4.69, 9.17) is 13.7 Å². The van der Waals surface area contributed by atoms with Crippen LogP contribution in [0.4, 0.5) is 0 Å². The van der Waals surface area contributed by atoms with Gasteiger partial charge in [0.15, 0.2) is 5.82 Å². The van der Waals surface area contributed by atoms with E-state index in [1.54, 1.807) is 24.3 Å². The van der Waals surface area contributed by atoms with Crippen molar-refractivity contribution in [2.24, 2.45) is 0 Å². The van der Waals surface area contributed by atoms with Crippen LogP contribution in [-0.4, -0.2) is 40.7 Å². The van der Waals surface area contributed by atoms with Gasteiger partial charge in [0.1, 0.15) is 6.04 Å². The minimum atomic E-state index is -0.295. The molecular weight excluding hydrogens is 274 g/mol. The summed E-state index contributed by atoms with van der Waals surface area (Å²) in [6.45, 7) is 3.21. The third kappa shape index (κ3) is 3.13. The Balaban J connectivity index is 1.67. The third-order valence-corrected chi connectivity index (χ3v) is 3.48. The number of furan rings is 1. The van der Waals surface area contributed by atoms with E-state index in [0.29, 0.717) is 44.3 Å². The topological polar surface area (TPSA) is 81.6 Å². The molecule has 0 N–H and O–H groups in total. The monoisotopic (exact) mass is 291 g/mol. The second-order valence-electron chi connectivity index (χ2n) is 4.99. The van der Waals surface area contributed by atoms with E-state index in [0.717, 1.165) is 5.56 Å². The molecule has 112 valence electrons. The van der Waals surface area contributed by atoms with Crippen LogP contribution in [0.3, 0.4) is 0 Å². The van der Waals surface area contributed by atoms with E-state index < -0.39 is 0 Å². The Hall–Kier alpha value is -2.15. The number of hydrogen-bond acceptors (Lipinski definition) is 6. The molecule has 0 spiro atoms. The molecular formula is C14H17N3O4. The summed E-state index contributed by atoms with van der Waals surface area (Å²) in [7, 11) is 0. The van der Waals surface area contributed by atoms with Crippen molar-refractivity contribution in [1.82, 2.24) is 15.0 Å². The largest absolute Gasteiger partial charge is 0.472 e. The van der Waals surface area contributed by atoms with Gasteiger partial charge in [-0.15, -0.1) is 0 Å². The van der Waals surface area contributed by atoms with Gasteiger partial charge in [-0.2, -0.15) is 4.98 Å². The highest BCUT2D eigenvalue weighted by atomic mass is 16.5. The second-order valence-corrected chi connectivity index (χ2v) is 4.99. The van der Waals surface area contributed by atoms with Crippen molar-refractivity contribution in [3.8, 4) is 0 Å². The van der Waals surface area contributed by atoms with Crippen molar-refractivity contribution in [2.45, 2.75) is 25.8 Å². The zero-order chi connectivity index (χ0) is 14.7. The van der Waals surface area contributed by atoms with Crippen molar-refractivity contribution >= 4 is 5.91 Å². The summed E-state index contributed by atoms with van der Waals surface area (Å²) in [6, 6.07) is 1.57. The number of carbonyl (C=O) groups excluding carboxylic acids is 1. The van der Waals surface area contributed by atoms with Gasteiger partial charge in [-0.1, -0.05) is 5.16 Å². The molecule has 7 nitrogen and oxygen atoms in total. The van der Waals surface area contributed by atoms with Gasteiger partial charge in [0.2, 0.25) is 5.91 Å². The van der Waals surface area contributed by atoms with Crippen molar-refractivity contribution < 1.29 is 18.5 Å². The van der Waals surface area contributed by atoms with Crippen LogP contribution in [0.2, 0.25) is 0 Å². The van der Waals surface area contributed by atoms with Gasteiger partial charge in [0.25, 0.3) is 5.89 Å². The molecule has 1 amide bonds. The predicted molar refractivity (Wildman–Crippen MR) is 71.3 cm³/mol. The summed E-state index contributed by atoms with van der Waals surface area (Å²) in [5.41, 5.74) is 1.02. The number of amides is 1. The molecule has 2 aromatic heterocycles. The molecule has 1 fully saturated rings. The lowest BCUT2D eigenvalue weighted by atomic mass is 10.1. The fourth-order valence-electron chi connectivity index (χ4n) is 2.39. The van der Waals surface area contributed by atoms with Crippen molar-refractivity contribution in [3.05, 3.63) is 35.9 Å². The Labute approximate surface area is 121 Å². The highest BCUT2D eigenvalue weighted by Crippen LogP contribution is 2.24. The van der Waals surface area contributed by atoms with Gasteiger partial charge in [0.05, 0.1) is 25.7 Å². The lowest BCUT2D eigenvalue weighted by Gasteiger charge is -2.33. The summed E-state index contributed by atoms with van der Waals surface area (Å²) in [5, 5.41) is 3.78. The smallest absolute Gasteiger partial charge is 0.251 e. The average Bonchev–Trinajstić information content (AvgIpc) is 3.16. The van der Waals surface area contributed by atoms with E-state index in [1.807, 2.05) is 6.07 Å². The first-order chi connectivity index (χ1) is 10.2.